The summed E-state index contributed by atoms with van der Waals surface area (Å²) >= 11 is 0. The summed E-state index contributed by atoms with van der Waals surface area (Å²) in [5.74, 6) is 0. The topological polar surface area (TPSA) is 9.03 Å². The predicted octanol–water partition coefficient (Wildman–Crippen LogP) is 6.16. The molecule has 6 rings (SSSR count). The van der Waals surface area contributed by atoms with Gasteiger partial charge in [-0.1, -0.05) is 25.1 Å². The zero-order chi connectivity index (χ0) is 19.5. The van der Waals surface area contributed by atoms with Gasteiger partial charge < -0.3 is 12.0 Å². The van der Waals surface area contributed by atoms with Gasteiger partial charge in [0.15, 0.2) is 0 Å². The smallest absolute Gasteiger partial charge is 0.368 e. The van der Waals surface area contributed by atoms with E-state index in [4.69, 9.17) is 0 Å². The summed E-state index contributed by atoms with van der Waals surface area (Å²) in [4.78, 5) is 0. The van der Waals surface area contributed by atoms with Gasteiger partial charge >= 0.3 is 32.7 Å². The average molecular weight is 475 g/mol. The van der Waals surface area contributed by atoms with E-state index in [-0.39, 0.29) is 40.1 Å². The van der Waals surface area contributed by atoms with Gasteiger partial charge in [-0.15, -0.1) is 6.07 Å². The Labute approximate surface area is 208 Å². The first kappa shape index (κ1) is 21.7. The molecule has 0 fully saturated rings. The maximum absolute atomic E-state index is 3.69. The van der Waals surface area contributed by atoms with Crippen LogP contribution in [0.5, 0.6) is 0 Å². The number of aryl methyl sites for hydroxylation is 1. The van der Waals surface area contributed by atoms with Gasteiger partial charge in [-0.05, 0) is 30.0 Å². The van der Waals surface area contributed by atoms with Crippen LogP contribution in [0.4, 0.5) is 0 Å². The van der Waals surface area contributed by atoms with Gasteiger partial charge in [-0.2, -0.15) is 24.3 Å². The van der Waals surface area contributed by atoms with Crippen molar-refractivity contribution in [1.29, 1.82) is 0 Å². The summed E-state index contributed by atoms with van der Waals surface area (Å²) in [6, 6.07) is 28.9. The van der Waals surface area contributed by atoms with Gasteiger partial charge in [0.2, 0.25) is 11.0 Å². The zero-order valence-corrected chi connectivity index (χ0v) is 20.8. The predicted molar refractivity (Wildman–Crippen MR) is 125 cm³/mol. The van der Waals surface area contributed by atoms with E-state index in [2.05, 4.69) is 95.9 Å². The molecule has 31 heavy (non-hydrogen) atoms. The van der Waals surface area contributed by atoms with Crippen LogP contribution in [0.2, 0.25) is 0 Å². The third-order valence-electron chi connectivity index (χ3n) is 5.92. The Balaban J connectivity index is 0.00000116. The molecule has 0 saturated heterocycles. The normalized spacial score (nSPS) is 11.9. The van der Waals surface area contributed by atoms with Gasteiger partial charge in [0.1, 0.15) is 5.52 Å². The molecule has 0 amide bonds. The minimum atomic E-state index is 0. The number of aromatic nitrogens is 2. The van der Waals surface area contributed by atoms with Gasteiger partial charge in [0.05, 0.1) is 10.8 Å². The largest absolute Gasteiger partial charge is 3.00 e. The number of benzene rings is 3. The van der Waals surface area contributed by atoms with Crippen molar-refractivity contribution in [3.05, 3.63) is 110 Å². The minimum Gasteiger partial charge on any atom is -0.368 e. The molecule has 0 bridgehead atoms. The van der Waals surface area contributed by atoms with Gasteiger partial charge in [-0.3, -0.25) is 0 Å². The van der Waals surface area contributed by atoms with Crippen LogP contribution in [0.1, 0.15) is 18.2 Å². The number of hydrogen-bond acceptors (Lipinski definition) is 0. The van der Waals surface area contributed by atoms with Crippen LogP contribution >= 0.6 is 0 Å². The van der Waals surface area contributed by atoms with Crippen LogP contribution in [-0.4, -0.2) is 4.57 Å². The first-order chi connectivity index (χ1) is 14.2. The number of fused-ring (bicyclic) bond motifs is 6. The molecule has 0 unspecified atom stereocenters. The molecule has 0 N–H and O–H groups in total. The Morgan fingerprint density at radius 2 is 1.52 bits per heavy atom. The molecule has 3 heterocycles. The van der Waals surface area contributed by atoms with Crippen molar-refractivity contribution < 1.29 is 37.1 Å². The Morgan fingerprint density at radius 1 is 0.839 bits per heavy atom. The zero-order valence-electron chi connectivity index (χ0n) is 18.0. The SMILES string of the molecule is CC(=[C-]c1c2c(ccn1C)c1cccc3c4ccccc4[n+]2c31)c1[c-]cccc1.[CH3-].[Y+3]. The quantitative estimate of drug-likeness (QED) is 0.210. The number of hydrogen-bond donors (Lipinski definition) is 0. The molecular formula is C28H22N2Y+. The van der Waals surface area contributed by atoms with Crippen molar-refractivity contribution >= 4 is 43.7 Å². The van der Waals surface area contributed by atoms with Gasteiger partial charge in [-0.25, -0.2) is 21.6 Å². The van der Waals surface area contributed by atoms with Crippen molar-refractivity contribution in [3.8, 4) is 0 Å². The van der Waals surface area contributed by atoms with Crippen LogP contribution < -0.4 is 4.40 Å². The van der Waals surface area contributed by atoms with Crippen LogP contribution in [0.3, 0.4) is 0 Å². The summed E-state index contributed by atoms with van der Waals surface area (Å²) < 4.78 is 4.58. The van der Waals surface area contributed by atoms with Gasteiger partial charge in [0, 0.05) is 30.1 Å². The van der Waals surface area contributed by atoms with Crippen LogP contribution in [0, 0.1) is 19.6 Å². The second kappa shape index (κ2) is 8.18. The molecule has 0 radical (unpaired) electrons. The fourth-order valence-corrected chi connectivity index (χ4v) is 4.57. The monoisotopic (exact) mass is 475 g/mol. The van der Waals surface area contributed by atoms with Crippen LogP contribution in [0.25, 0.3) is 43.7 Å². The maximum Gasteiger partial charge on any atom is 3.00 e. The van der Waals surface area contributed by atoms with Crippen molar-refractivity contribution in [1.82, 2.24) is 4.57 Å². The van der Waals surface area contributed by atoms with E-state index in [1.807, 2.05) is 18.2 Å². The summed E-state index contributed by atoms with van der Waals surface area (Å²) in [6.45, 7) is 2.11. The Hall–Kier alpha value is -2.55. The molecule has 0 saturated carbocycles. The third-order valence-corrected chi connectivity index (χ3v) is 5.92. The fourth-order valence-electron chi connectivity index (χ4n) is 4.57. The summed E-state index contributed by atoms with van der Waals surface area (Å²) in [5, 5.41) is 5.16. The molecule has 146 valence electrons. The maximum atomic E-state index is 3.69. The van der Waals surface area contributed by atoms with E-state index in [0.29, 0.717) is 0 Å². The molecule has 3 aromatic carbocycles. The van der Waals surface area contributed by atoms with Crippen molar-refractivity contribution in [3.63, 3.8) is 0 Å². The van der Waals surface area contributed by atoms with E-state index in [1.165, 1.54) is 38.1 Å². The molecule has 0 spiro atoms. The van der Waals surface area contributed by atoms with Crippen molar-refractivity contribution in [2.24, 2.45) is 7.05 Å². The summed E-state index contributed by atoms with van der Waals surface area (Å²) in [6.07, 6.45) is 5.82. The Bertz CT molecular complexity index is 1560. The fraction of sp³-hybridized carbons (Fsp3) is 0.0714. The molecule has 0 aliphatic heterocycles. The van der Waals surface area contributed by atoms with Gasteiger partial charge in [0.25, 0.3) is 0 Å². The second-order valence-electron chi connectivity index (χ2n) is 7.62. The summed E-state index contributed by atoms with van der Waals surface area (Å²) in [7, 11) is 2.09. The van der Waals surface area contributed by atoms with E-state index in [0.717, 1.165) is 16.8 Å². The number of para-hydroxylation sites is 2. The number of allylic oxidation sites excluding steroid dienone is 1. The summed E-state index contributed by atoms with van der Waals surface area (Å²) in [5.41, 5.74) is 6.98. The molecule has 3 aromatic heterocycles. The van der Waals surface area contributed by atoms with E-state index in [9.17, 15) is 0 Å². The Morgan fingerprint density at radius 3 is 2.29 bits per heavy atom. The molecule has 3 heteroatoms. The van der Waals surface area contributed by atoms with Crippen molar-refractivity contribution in [2.45, 2.75) is 6.92 Å². The minimum absolute atomic E-state index is 0. The molecule has 2 nitrogen and oxygen atoms in total. The van der Waals surface area contributed by atoms with Crippen LogP contribution in [-0.2, 0) is 39.8 Å². The Kier molecular flexibility index (Phi) is 5.72. The molecule has 6 aromatic rings. The second-order valence-corrected chi connectivity index (χ2v) is 7.62. The van der Waals surface area contributed by atoms with E-state index in [1.54, 1.807) is 0 Å². The number of rotatable bonds is 2. The molecule has 0 atom stereocenters. The first-order valence-electron chi connectivity index (χ1n) is 9.87. The molecule has 0 aliphatic carbocycles. The van der Waals surface area contributed by atoms with E-state index >= 15 is 0 Å². The number of nitrogens with zero attached hydrogens (tertiary/aromatic N) is 2. The standard InChI is InChI=1S/C27H19N2.CH3.Y/c1-18(19-9-4-3-5-10-19)17-25-27-23(15-16-28(25)2)22-13-8-12-21-20-11-6-7-14-24(20)29(27)26(21)22;;/h3-9,11-16H,1-2H3;1H3;/q2*-1;+3. The van der Waals surface area contributed by atoms with Crippen molar-refractivity contribution in [2.75, 3.05) is 0 Å². The number of pyridine rings is 1. The molecular weight excluding hydrogens is 453 g/mol. The van der Waals surface area contributed by atoms with E-state index < -0.39 is 0 Å². The average Bonchev–Trinajstić information content (AvgIpc) is 3.28. The molecule has 0 aliphatic rings. The first-order valence-corrected chi connectivity index (χ1v) is 9.87. The van der Waals surface area contributed by atoms with Crippen LogP contribution in [0.15, 0.2) is 79.0 Å². The third kappa shape index (κ3) is 3.12.